The SMILES string of the molecule is NC(=O)c1ccc(NC(=O)c2cccc(Br)c2N)cc1. The highest BCUT2D eigenvalue weighted by Crippen LogP contribution is 2.23. The Morgan fingerprint density at radius 2 is 1.70 bits per heavy atom. The number of carbonyl (C=O) groups is 2. The summed E-state index contributed by atoms with van der Waals surface area (Å²) in [6, 6.07) is 11.4. The smallest absolute Gasteiger partial charge is 0.257 e. The van der Waals surface area contributed by atoms with Crippen LogP contribution in [0.5, 0.6) is 0 Å². The van der Waals surface area contributed by atoms with Gasteiger partial charge in [0.05, 0.1) is 11.3 Å². The molecule has 0 fully saturated rings. The van der Waals surface area contributed by atoms with Gasteiger partial charge in [-0.05, 0) is 52.3 Å². The van der Waals surface area contributed by atoms with Gasteiger partial charge in [-0.25, -0.2) is 0 Å². The highest BCUT2D eigenvalue weighted by molar-refractivity contribution is 9.10. The molecule has 2 aromatic carbocycles. The van der Waals surface area contributed by atoms with Gasteiger partial charge in [-0.3, -0.25) is 9.59 Å². The van der Waals surface area contributed by atoms with Crippen molar-refractivity contribution in [1.82, 2.24) is 0 Å². The van der Waals surface area contributed by atoms with Gasteiger partial charge in [0.15, 0.2) is 0 Å². The fourth-order valence-electron chi connectivity index (χ4n) is 1.65. The summed E-state index contributed by atoms with van der Waals surface area (Å²) in [5, 5.41) is 2.70. The highest BCUT2D eigenvalue weighted by Gasteiger charge is 2.11. The molecule has 0 saturated carbocycles. The minimum Gasteiger partial charge on any atom is -0.397 e. The Morgan fingerprint density at radius 3 is 2.30 bits per heavy atom. The second kappa shape index (κ2) is 5.75. The molecule has 0 radical (unpaired) electrons. The van der Waals surface area contributed by atoms with E-state index in [0.717, 1.165) is 0 Å². The number of hydrogen-bond acceptors (Lipinski definition) is 3. The summed E-state index contributed by atoms with van der Waals surface area (Å²) in [5.41, 5.74) is 12.7. The van der Waals surface area contributed by atoms with Crippen LogP contribution >= 0.6 is 15.9 Å². The molecule has 20 heavy (non-hydrogen) atoms. The zero-order valence-corrected chi connectivity index (χ0v) is 12.0. The maximum absolute atomic E-state index is 12.1. The van der Waals surface area contributed by atoms with E-state index < -0.39 is 5.91 Å². The van der Waals surface area contributed by atoms with E-state index in [4.69, 9.17) is 11.5 Å². The largest absolute Gasteiger partial charge is 0.397 e. The van der Waals surface area contributed by atoms with E-state index in [1.165, 1.54) is 0 Å². The Kier molecular flexibility index (Phi) is 4.05. The quantitative estimate of drug-likeness (QED) is 0.752. The number of anilines is 2. The molecule has 2 amide bonds. The molecule has 102 valence electrons. The number of nitrogens with one attached hydrogen (secondary N) is 1. The van der Waals surface area contributed by atoms with Gasteiger partial charge in [-0.2, -0.15) is 0 Å². The number of carbonyl (C=O) groups excluding carboxylic acids is 2. The Hall–Kier alpha value is -2.34. The second-order valence-corrected chi connectivity index (χ2v) is 4.95. The Bertz CT molecular complexity index is 669. The van der Waals surface area contributed by atoms with E-state index in [1.54, 1.807) is 42.5 Å². The zero-order chi connectivity index (χ0) is 14.7. The summed E-state index contributed by atoms with van der Waals surface area (Å²) in [7, 11) is 0. The molecule has 5 nitrogen and oxygen atoms in total. The second-order valence-electron chi connectivity index (χ2n) is 4.10. The number of nitrogen functional groups attached to an aromatic ring is 1. The molecule has 0 aliphatic rings. The number of rotatable bonds is 3. The Morgan fingerprint density at radius 1 is 1.05 bits per heavy atom. The lowest BCUT2D eigenvalue weighted by atomic mass is 10.1. The first kappa shape index (κ1) is 14.1. The molecule has 0 aliphatic carbocycles. The summed E-state index contributed by atoms with van der Waals surface area (Å²) in [6.07, 6.45) is 0. The molecule has 2 aromatic rings. The monoisotopic (exact) mass is 333 g/mol. The summed E-state index contributed by atoms with van der Waals surface area (Å²) in [4.78, 5) is 23.1. The van der Waals surface area contributed by atoms with Crippen LogP contribution in [0.25, 0.3) is 0 Å². The molecule has 0 spiro atoms. The van der Waals surface area contributed by atoms with Crippen LogP contribution < -0.4 is 16.8 Å². The van der Waals surface area contributed by atoms with E-state index in [1.807, 2.05) is 0 Å². The van der Waals surface area contributed by atoms with Gasteiger partial charge >= 0.3 is 0 Å². The van der Waals surface area contributed by atoms with Gasteiger partial charge in [-0.15, -0.1) is 0 Å². The van der Waals surface area contributed by atoms with Crippen LogP contribution in [0, 0.1) is 0 Å². The third kappa shape index (κ3) is 2.97. The topological polar surface area (TPSA) is 98.2 Å². The average Bonchev–Trinajstić information content (AvgIpc) is 2.42. The molecule has 0 aromatic heterocycles. The van der Waals surface area contributed by atoms with Crippen LogP contribution in [0.3, 0.4) is 0 Å². The van der Waals surface area contributed by atoms with E-state index in [-0.39, 0.29) is 5.91 Å². The maximum Gasteiger partial charge on any atom is 0.257 e. The fraction of sp³-hybridized carbons (Fsp3) is 0. The summed E-state index contributed by atoms with van der Waals surface area (Å²) >= 11 is 3.27. The van der Waals surface area contributed by atoms with Crippen LogP contribution in [0.15, 0.2) is 46.9 Å². The van der Waals surface area contributed by atoms with Crippen molar-refractivity contribution < 1.29 is 9.59 Å². The first-order chi connectivity index (χ1) is 9.49. The number of para-hydroxylation sites is 1. The van der Waals surface area contributed by atoms with Gasteiger partial charge < -0.3 is 16.8 Å². The third-order valence-corrected chi connectivity index (χ3v) is 3.42. The molecule has 0 atom stereocenters. The van der Waals surface area contributed by atoms with Crippen molar-refractivity contribution in [3.05, 3.63) is 58.1 Å². The molecular weight excluding hydrogens is 322 g/mol. The molecule has 6 heteroatoms. The van der Waals surface area contributed by atoms with Gasteiger partial charge in [0.1, 0.15) is 0 Å². The standard InChI is InChI=1S/C14H12BrN3O2/c15-11-3-1-2-10(12(11)16)14(20)18-9-6-4-8(5-7-9)13(17)19/h1-7H,16H2,(H2,17,19)(H,18,20). The number of primary amides is 1. The number of hydrogen-bond donors (Lipinski definition) is 3. The summed E-state index contributed by atoms with van der Waals surface area (Å²) < 4.78 is 0.661. The number of benzene rings is 2. The van der Waals surface area contributed by atoms with Crippen molar-refractivity contribution in [2.75, 3.05) is 11.1 Å². The van der Waals surface area contributed by atoms with Gasteiger partial charge in [0.25, 0.3) is 5.91 Å². The fourth-order valence-corrected chi connectivity index (χ4v) is 2.02. The zero-order valence-electron chi connectivity index (χ0n) is 10.4. The molecule has 2 rings (SSSR count). The Balaban J connectivity index is 2.19. The maximum atomic E-state index is 12.1. The molecule has 0 bridgehead atoms. The van der Waals surface area contributed by atoms with Crippen LogP contribution in [0.1, 0.15) is 20.7 Å². The van der Waals surface area contributed by atoms with Crippen molar-refractivity contribution >= 4 is 39.1 Å². The molecule has 0 heterocycles. The average molecular weight is 334 g/mol. The van der Waals surface area contributed by atoms with E-state index in [2.05, 4.69) is 21.2 Å². The third-order valence-electron chi connectivity index (χ3n) is 2.72. The molecule has 0 saturated heterocycles. The van der Waals surface area contributed by atoms with Crippen LogP contribution in [0.4, 0.5) is 11.4 Å². The highest BCUT2D eigenvalue weighted by atomic mass is 79.9. The minimum atomic E-state index is -0.515. The lowest BCUT2D eigenvalue weighted by Crippen LogP contribution is -2.15. The molecule has 0 aliphatic heterocycles. The summed E-state index contributed by atoms with van der Waals surface area (Å²) in [6.45, 7) is 0. The first-order valence-electron chi connectivity index (χ1n) is 5.74. The summed E-state index contributed by atoms with van der Waals surface area (Å²) in [5.74, 6) is -0.838. The predicted octanol–water partition coefficient (Wildman–Crippen LogP) is 2.38. The van der Waals surface area contributed by atoms with E-state index in [0.29, 0.717) is 27.0 Å². The van der Waals surface area contributed by atoms with Crippen molar-refractivity contribution in [3.63, 3.8) is 0 Å². The van der Waals surface area contributed by atoms with Crippen LogP contribution in [-0.4, -0.2) is 11.8 Å². The number of halogens is 1. The van der Waals surface area contributed by atoms with Crippen LogP contribution in [-0.2, 0) is 0 Å². The van der Waals surface area contributed by atoms with Crippen LogP contribution in [0.2, 0.25) is 0 Å². The lowest BCUT2D eigenvalue weighted by Gasteiger charge is -2.09. The Labute approximate surface area is 124 Å². The molecular formula is C14H12BrN3O2. The van der Waals surface area contributed by atoms with Crippen molar-refractivity contribution in [2.24, 2.45) is 5.73 Å². The van der Waals surface area contributed by atoms with Crippen molar-refractivity contribution in [1.29, 1.82) is 0 Å². The normalized spacial score (nSPS) is 10.1. The first-order valence-corrected chi connectivity index (χ1v) is 6.53. The molecule has 0 unspecified atom stereocenters. The van der Waals surface area contributed by atoms with E-state index in [9.17, 15) is 9.59 Å². The molecule has 5 N–H and O–H groups in total. The predicted molar refractivity (Wildman–Crippen MR) is 81.5 cm³/mol. The van der Waals surface area contributed by atoms with Gasteiger partial charge in [0.2, 0.25) is 5.91 Å². The van der Waals surface area contributed by atoms with Gasteiger partial charge in [-0.1, -0.05) is 6.07 Å². The van der Waals surface area contributed by atoms with Crippen molar-refractivity contribution in [3.8, 4) is 0 Å². The lowest BCUT2D eigenvalue weighted by molar-refractivity contribution is 0.0998. The number of nitrogens with two attached hydrogens (primary N) is 2. The van der Waals surface area contributed by atoms with Gasteiger partial charge in [0, 0.05) is 15.7 Å². The number of amides is 2. The van der Waals surface area contributed by atoms with Crippen molar-refractivity contribution in [2.45, 2.75) is 0 Å². The minimum absolute atomic E-state index is 0.323. The van der Waals surface area contributed by atoms with E-state index >= 15 is 0 Å².